The summed E-state index contributed by atoms with van der Waals surface area (Å²) in [4.78, 5) is 27.8. The highest BCUT2D eigenvalue weighted by Gasteiger charge is 2.46. The number of carbonyl (C=O) groups is 2. The summed E-state index contributed by atoms with van der Waals surface area (Å²) in [5.41, 5.74) is 3.12. The van der Waals surface area contributed by atoms with Crippen molar-refractivity contribution in [3.8, 4) is 0 Å². The second-order valence-corrected chi connectivity index (χ2v) is 6.79. The molecule has 24 heavy (non-hydrogen) atoms. The minimum Gasteiger partial charge on any atom is -0.320 e. The van der Waals surface area contributed by atoms with Gasteiger partial charge in [-0.1, -0.05) is 48.0 Å². The number of anilines is 1. The van der Waals surface area contributed by atoms with Crippen LogP contribution in [0.15, 0.2) is 48.5 Å². The average Bonchev–Trinajstić information content (AvgIpc) is 2.90. The van der Waals surface area contributed by atoms with E-state index in [9.17, 15) is 9.59 Å². The number of nitrogens with zero attached hydrogens (tertiary/aromatic N) is 1. The number of nitrogens with one attached hydrogen (secondary N) is 1. The Hall–Kier alpha value is -2.17. The lowest BCUT2D eigenvalue weighted by Crippen LogP contribution is -3.16. The third-order valence-corrected chi connectivity index (χ3v) is 5.30. The molecule has 2 aromatic rings. The van der Waals surface area contributed by atoms with Gasteiger partial charge in [-0.3, -0.25) is 9.59 Å². The van der Waals surface area contributed by atoms with Gasteiger partial charge in [0.25, 0.3) is 5.91 Å². The molecule has 0 radical (unpaired) electrons. The van der Waals surface area contributed by atoms with E-state index in [1.165, 1.54) is 20.9 Å². The Bertz CT molecular complexity index is 821. The molecule has 0 saturated carbocycles. The highest BCUT2D eigenvalue weighted by Crippen LogP contribution is 2.29. The van der Waals surface area contributed by atoms with Gasteiger partial charge in [-0.15, -0.1) is 0 Å². The summed E-state index contributed by atoms with van der Waals surface area (Å²) in [5, 5.41) is 0.429. The summed E-state index contributed by atoms with van der Waals surface area (Å²) in [5.74, 6) is -0.299. The molecule has 4 nitrogen and oxygen atoms in total. The van der Waals surface area contributed by atoms with E-state index >= 15 is 0 Å². The third kappa shape index (κ3) is 2.52. The number of amides is 2. The number of hydrogen-bond donors (Lipinski definition) is 1. The zero-order chi connectivity index (χ0) is 16.7. The number of benzene rings is 2. The third-order valence-electron chi connectivity index (χ3n) is 4.98. The summed E-state index contributed by atoms with van der Waals surface area (Å²) >= 11 is 6.18. The van der Waals surface area contributed by atoms with Crippen molar-refractivity contribution in [3.05, 3.63) is 64.7 Å². The van der Waals surface area contributed by atoms with Crippen LogP contribution in [0, 0.1) is 0 Å². The second kappa shape index (κ2) is 6.04. The van der Waals surface area contributed by atoms with Gasteiger partial charge in [0.15, 0.2) is 6.04 Å². The van der Waals surface area contributed by atoms with Crippen LogP contribution in [0.5, 0.6) is 0 Å². The van der Waals surface area contributed by atoms with Crippen molar-refractivity contribution in [2.45, 2.75) is 25.4 Å². The highest BCUT2D eigenvalue weighted by molar-refractivity contribution is 6.36. The van der Waals surface area contributed by atoms with Crippen molar-refractivity contribution >= 4 is 29.1 Å². The molecule has 1 N–H and O–H groups in total. The van der Waals surface area contributed by atoms with E-state index in [4.69, 9.17) is 11.6 Å². The van der Waals surface area contributed by atoms with Crippen molar-refractivity contribution < 1.29 is 14.5 Å². The van der Waals surface area contributed by atoms with E-state index in [1.807, 2.05) is 12.1 Å². The molecule has 1 unspecified atom stereocenters. The van der Waals surface area contributed by atoms with E-state index in [0.717, 1.165) is 19.5 Å². The summed E-state index contributed by atoms with van der Waals surface area (Å²) in [6, 6.07) is 15.0. The number of imide groups is 1. The first-order valence-corrected chi connectivity index (χ1v) is 8.55. The van der Waals surface area contributed by atoms with Gasteiger partial charge in [0, 0.05) is 12.0 Å². The number of halogens is 1. The van der Waals surface area contributed by atoms with Crippen LogP contribution in [0.25, 0.3) is 0 Å². The minimum atomic E-state index is -0.317. The number of hydrogen-bond acceptors (Lipinski definition) is 2. The molecule has 5 heteroatoms. The number of fused-ring (bicyclic) bond motifs is 1. The van der Waals surface area contributed by atoms with Crippen LogP contribution < -0.4 is 9.80 Å². The molecule has 0 aromatic heterocycles. The Labute approximate surface area is 145 Å². The van der Waals surface area contributed by atoms with E-state index in [-0.39, 0.29) is 24.3 Å². The fourth-order valence-electron chi connectivity index (χ4n) is 3.74. The maximum absolute atomic E-state index is 12.9. The number of para-hydroxylation sites is 1. The van der Waals surface area contributed by atoms with Crippen molar-refractivity contribution in [1.29, 1.82) is 0 Å². The van der Waals surface area contributed by atoms with Crippen LogP contribution in [0.3, 0.4) is 0 Å². The Balaban J connectivity index is 1.60. The molecule has 0 bridgehead atoms. The lowest BCUT2D eigenvalue weighted by Gasteiger charge is -2.29. The lowest BCUT2D eigenvalue weighted by molar-refractivity contribution is -0.930. The minimum absolute atomic E-state index is 0.137. The van der Waals surface area contributed by atoms with Gasteiger partial charge in [0.1, 0.15) is 6.54 Å². The predicted molar refractivity (Wildman–Crippen MR) is 92.0 cm³/mol. The standard InChI is InChI=1S/C19H17ClN2O2/c20-15-7-3-4-8-16(15)22-18(23)11-17(19(22)24)21-10-9-13-5-1-2-6-14(13)12-21/h1-8,17H,9-12H2/p+1/t17-/m0/s1. The summed E-state index contributed by atoms with van der Waals surface area (Å²) in [7, 11) is 0. The van der Waals surface area contributed by atoms with Crippen LogP contribution in [0.1, 0.15) is 17.5 Å². The molecule has 122 valence electrons. The molecule has 2 aliphatic heterocycles. The largest absolute Gasteiger partial charge is 0.320 e. The van der Waals surface area contributed by atoms with Gasteiger partial charge < -0.3 is 4.90 Å². The molecule has 1 saturated heterocycles. The van der Waals surface area contributed by atoms with Gasteiger partial charge in [-0.05, 0) is 17.7 Å². The normalized spacial score (nSPS) is 23.5. The van der Waals surface area contributed by atoms with Crippen LogP contribution in [-0.4, -0.2) is 24.4 Å². The van der Waals surface area contributed by atoms with Crippen molar-refractivity contribution in [2.75, 3.05) is 11.4 Å². The Morgan fingerprint density at radius 3 is 2.50 bits per heavy atom. The lowest BCUT2D eigenvalue weighted by atomic mass is 9.98. The van der Waals surface area contributed by atoms with Gasteiger partial charge in [-0.25, -0.2) is 4.90 Å². The number of carbonyl (C=O) groups excluding carboxylic acids is 2. The smallest absolute Gasteiger partial charge is 0.292 e. The molecule has 2 aliphatic rings. The number of rotatable bonds is 2. The van der Waals surface area contributed by atoms with Crippen molar-refractivity contribution in [1.82, 2.24) is 0 Å². The predicted octanol–water partition coefficient (Wildman–Crippen LogP) is 1.61. The SMILES string of the molecule is O=C1C[C@H]([NH+]2CCc3ccccc3C2)C(=O)N1c1ccccc1Cl. The maximum atomic E-state index is 12.9. The molecule has 2 atom stereocenters. The van der Waals surface area contributed by atoms with E-state index in [1.54, 1.807) is 24.3 Å². The quantitative estimate of drug-likeness (QED) is 0.843. The molecule has 4 rings (SSSR count). The fraction of sp³-hybridized carbons (Fsp3) is 0.263. The topological polar surface area (TPSA) is 41.8 Å². The molecule has 2 heterocycles. The Morgan fingerprint density at radius 2 is 1.71 bits per heavy atom. The number of quaternary nitrogens is 1. The van der Waals surface area contributed by atoms with Crippen molar-refractivity contribution in [3.63, 3.8) is 0 Å². The molecule has 1 fully saturated rings. The Kier molecular flexibility index (Phi) is 3.87. The maximum Gasteiger partial charge on any atom is 0.292 e. The van der Waals surface area contributed by atoms with Crippen molar-refractivity contribution in [2.24, 2.45) is 0 Å². The van der Waals surface area contributed by atoms with E-state index in [2.05, 4.69) is 12.1 Å². The monoisotopic (exact) mass is 341 g/mol. The fourth-order valence-corrected chi connectivity index (χ4v) is 3.96. The Morgan fingerprint density at radius 1 is 1.00 bits per heavy atom. The second-order valence-electron chi connectivity index (χ2n) is 6.38. The van der Waals surface area contributed by atoms with Crippen LogP contribution in [0.4, 0.5) is 5.69 Å². The van der Waals surface area contributed by atoms with E-state index < -0.39 is 0 Å². The highest BCUT2D eigenvalue weighted by atomic mass is 35.5. The summed E-state index contributed by atoms with van der Waals surface area (Å²) in [6.45, 7) is 1.66. The molecule has 0 spiro atoms. The molecule has 0 aliphatic carbocycles. The zero-order valence-electron chi connectivity index (χ0n) is 13.2. The van der Waals surface area contributed by atoms with Crippen LogP contribution in [-0.2, 0) is 22.6 Å². The first-order chi connectivity index (χ1) is 11.6. The summed E-state index contributed by atoms with van der Waals surface area (Å²) < 4.78 is 0. The average molecular weight is 342 g/mol. The molecule has 2 aromatic carbocycles. The molecule has 2 amide bonds. The first-order valence-electron chi connectivity index (χ1n) is 8.18. The van der Waals surface area contributed by atoms with Gasteiger partial charge in [0.2, 0.25) is 5.91 Å². The van der Waals surface area contributed by atoms with Crippen LogP contribution >= 0.6 is 11.6 Å². The zero-order valence-corrected chi connectivity index (χ0v) is 13.9. The van der Waals surface area contributed by atoms with Gasteiger partial charge in [-0.2, -0.15) is 0 Å². The summed E-state index contributed by atoms with van der Waals surface area (Å²) in [6.07, 6.45) is 1.19. The van der Waals surface area contributed by atoms with Gasteiger partial charge >= 0.3 is 0 Å². The molecular formula is C19H18ClN2O2+. The first kappa shape index (κ1) is 15.4. The van der Waals surface area contributed by atoms with Crippen LogP contribution in [0.2, 0.25) is 5.02 Å². The molecular weight excluding hydrogens is 324 g/mol. The van der Waals surface area contributed by atoms with Gasteiger partial charge in [0.05, 0.1) is 23.7 Å². The van der Waals surface area contributed by atoms with E-state index in [0.29, 0.717) is 10.7 Å².